The summed E-state index contributed by atoms with van der Waals surface area (Å²) in [6.07, 6.45) is 2.14. The smallest absolute Gasteiger partial charge is 0.326 e. The molecule has 1 aliphatic carbocycles. The Morgan fingerprint density at radius 3 is 2.90 bits per heavy atom. The van der Waals surface area contributed by atoms with E-state index < -0.39 is 12.0 Å². The van der Waals surface area contributed by atoms with Crippen molar-refractivity contribution in [2.75, 3.05) is 13.7 Å². The summed E-state index contributed by atoms with van der Waals surface area (Å²) in [5.41, 5.74) is 1.10. The van der Waals surface area contributed by atoms with Crippen LogP contribution in [0.3, 0.4) is 0 Å². The van der Waals surface area contributed by atoms with Gasteiger partial charge in [0.25, 0.3) is 0 Å². The van der Waals surface area contributed by atoms with Crippen LogP contribution in [0, 0.1) is 5.92 Å². The van der Waals surface area contributed by atoms with E-state index in [0.717, 1.165) is 24.2 Å². The maximum atomic E-state index is 12.5. The Labute approximate surface area is 123 Å². The van der Waals surface area contributed by atoms with Crippen LogP contribution in [0.4, 0.5) is 0 Å². The van der Waals surface area contributed by atoms with Crippen LogP contribution >= 0.6 is 0 Å². The van der Waals surface area contributed by atoms with Gasteiger partial charge >= 0.3 is 5.97 Å². The molecule has 0 unspecified atom stereocenters. The summed E-state index contributed by atoms with van der Waals surface area (Å²) in [6, 6.07) is 7.12. The zero-order chi connectivity index (χ0) is 15.0. The van der Waals surface area contributed by atoms with E-state index in [-0.39, 0.29) is 17.7 Å². The SMILES string of the molecule is COc1cccc([C@H]2C[C@@H]2C(=O)N2CCC[C@@H]2C(=O)O)c1. The van der Waals surface area contributed by atoms with Gasteiger partial charge in [0.05, 0.1) is 7.11 Å². The van der Waals surface area contributed by atoms with Crippen molar-refractivity contribution in [1.82, 2.24) is 4.90 Å². The molecule has 2 aliphatic rings. The van der Waals surface area contributed by atoms with Gasteiger partial charge in [-0.05, 0) is 42.9 Å². The largest absolute Gasteiger partial charge is 0.497 e. The van der Waals surface area contributed by atoms with Crippen LogP contribution in [0.5, 0.6) is 5.75 Å². The zero-order valence-corrected chi connectivity index (χ0v) is 12.0. The fourth-order valence-corrected chi connectivity index (χ4v) is 3.21. The maximum absolute atomic E-state index is 12.5. The second-order valence-corrected chi connectivity index (χ2v) is 5.75. The summed E-state index contributed by atoms with van der Waals surface area (Å²) < 4.78 is 5.20. The Morgan fingerprint density at radius 1 is 1.38 bits per heavy atom. The monoisotopic (exact) mass is 289 g/mol. The zero-order valence-electron chi connectivity index (χ0n) is 12.0. The van der Waals surface area contributed by atoms with Gasteiger partial charge in [0.1, 0.15) is 11.8 Å². The van der Waals surface area contributed by atoms with E-state index >= 15 is 0 Å². The molecule has 2 fully saturated rings. The lowest BCUT2D eigenvalue weighted by Crippen LogP contribution is -2.41. The number of methoxy groups -OCH3 is 1. The van der Waals surface area contributed by atoms with Crippen LogP contribution < -0.4 is 4.74 Å². The fraction of sp³-hybridized carbons (Fsp3) is 0.500. The topological polar surface area (TPSA) is 66.8 Å². The number of carbonyl (C=O) groups excluding carboxylic acids is 1. The quantitative estimate of drug-likeness (QED) is 0.919. The molecule has 0 bridgehead atoms. The van der Waals surface area contributed by atoms with Crippen molar-refractivity contribution >= 4 is 11.9 Å². The Morgan fingerprint density at radius 2 is 2.19 bits per heavy atom. The molecule has 0 aromatic heterocycles. The Kier molecular flexibility index (Phi) is 3.57. The van der Waals surface area contributed by atoms with Crippen molar-refractivity contribution in [2.24, 2.45) is 5.92 Å². The van der Waals surface area contributed by atoms with E-state index in [4.69, 9.17) is 4.74 Å². The van der Waals surface area contributed by atoms with Crippen LogP contribution in [0.1, 0.15) is 30.7 Å². The molecular formula is C16H19NO4. The highest BCUT2D eigenvalue weighted by Crippen LogP contribution is 2.49. The van der Waals surface area contributed by atoms with Crippen LogP contribution in [0.2, 0.25) is 0 Å². The number of nitrogens with zero attached hydrogens (tertiary/aromatic N) is 1. The number of hydrogen-bond acceptors (Lipinski definition) is 3. The van der Waals surface area contributed by atoms with Gasteiger partial charge in [-0.2, -0.15) is 0 Å². The minimum atomic E-state index is -0.889. The molecule has 1 heterocycles. The second-order valence-electron chi connectivity index (χ2n) is 5.75. The number of ether oxygens (including phenoxy) is 1. The van der Waals surface area contributed by atoms with Gasteiger partial charge in [-0.3, -0.25) is 4.79 Å². The molecule has 3 atom stereocenters. The van der Waals surface area contributed by atoms with Crippen molar-refractivity contribution in [3.63, 3.8) is 0 Å². The van der Waals surface area contributed by atoms with Crippen molar-refractivity contribution < 1.29 is 19.4 Å². The average molecular weight is 289 g/mol. The lowest BCUT2D eigenvalue weighted by molar-refractivity contribution is -0.148. The van der Waals surface area contributed by atoms with E-state index in [1.165, 1.54) is 0 Å². The van der Waals surface area contributed by atoms with Crippen molar-refractivity contribution in [2.45, 2.75) is 31.2 Å². The first-order valence-corrected chi connectivity index (χ1v) is 7.29. The summed E-state index contributed by atoms with van der Waals surface area (Å²) >= 11 is 0. The summed E-state index contributed by atoms with van der Waals surface area (Å²) in [5, 5.41) is 9.18. The predicted octanol–water partition coefficient (Wildman–Crippen LogP) is 1.87. The molecule has 0 spiro atoms. The number of amides is 1. The Hall–Kier alpha value is -2.04. The van der Waals surface area contributed by atoms with Gasteiger partial charge < -0.3 is 14.7 Å². The minimum Gasteiger partial charge on any atom is -0.497 e. The van der Waals surface area contributed by atoms with Crippen LogP contribution in [-0.4, -0.2) is 41.6 Å². The number of aliphatic carboxylic acids is 1. The number of rotatable bonds is 4. The molecule has 1 aliphatic heterocycles. The van der Waals surface area contributed by atoms with E-state index in [1.807, 2.05) is 24.3 Å². The van der Waals surface area contributed by atoms with Gasteiger partial charge in [0, 0.05) is 12.5 Å². The van der Waals surface area contributed by atoms with Crippen LogP contribution in [-0.2, 0) is 9.59 Å². The second kappa shape index (κ2) is 5.39. The average Bonchev–Trinajstić information content (AvgIpc) is 3.14. The highest BCUT2D eigenvalue weighted by Gasteiger charge is 2.48. The molecule has 21 heavy (non-hydrogen) atoms. The summed E-state index contributed by atoms with van der Waals surface area (Å²) in [6.45, 7) is 0.567. The highest BCUT2D eigenvalue weighted by molar-refractivity contribution is 5.88. The third-order valence-corrected chi connectivity index (χ3v) is 4.45. The van der Waals surface area contributed by atoms with Crippen LogP contribution in [0.25, 0.3) is 0 Å². The van der Waals surface area contributed by atoms with E-state index in [1.54, 1.807) is 12.0 Å². The number of likely N-dealkylation sites (tertiary alicyclic amines) is 1. The summed E-state index contributed by atoms with van der Waals surface area (Å²) in [4.78, 5) is 25.2. The van der Waals surface area contributed by atoms with Gasteiger partial charge in [0.2, 0.25) is 5.91 Å². The molecular weight excluding hydrogens is 270 g/mol. The number of hydrogen-bond donors (Lipinski definition) is 1. The van der Waals surface area contributed by atoms with Crippen molar-refractivity contribution in [3.8, 4) is 5.75 Å². The molecule has 0 radical (unpaired) electrons. The minimum absolute atomic E-state index is 0.00674. The molecule has 1 aromatic carbocycles. The first kappa shape index (κ1) is 13.9. The molecule has 3 rings (SSSR count). The Balaban J connectivity index is 1.69. The predicted molar refractivity (Wildman–Crippen MR) is 76.2 cm³/mol. The molecule has 112 valence electrons. The number of carbonyl (C=O) groups is 2. The third-order valence-electron chi connectivity index (χ3n) is 4.45. The molecule has 1 saturated carbocycles. The third kappa shape index (κ3) is 2.60. The standard InChI is InChI=1S/C16H19NO4/c1-21-11-5-2-4-10(8-11)12-9-13(12)15(18)17-7-3-6-14(17)16(19)20/h2,4-5,8,12-14H,3,6-7,9H2,1H3,(H,19,20)/t12-,13+,14-/m1/s1. The number of benzene rings is 1. The van der Waals surface area contributed by atoms with Gasteiger partial charge in [0.15, 0.2) is 0 Å². The molecule has 1 amide bonds. The van der Waals surface area contributed by atoms with E-state index in [9.17, 15) is 14.7 Å². The molecule has 1 saturated heterocycles. The lowest BCUT2D eigenvalue weighted by Gasteiger charge is -2.21. The summed E-state index contributed by atoms with van der Waals surface area (Å²) in [5.74, 6) is 0.0158. The first-order valence-electron chi connectivity index (χ1n) is 7.29. The molecule has 1 N–H and O–H groups in total. The summed E-state index contributed by atoms with van der Waals surface area (Å²) in [7, 11) is 1.62. The molecule has 5 nitrogen and oxygen atoms in total. The first-order chi connectivity index (χ1) is 10.1. The van der Waals surface area contributed by atoms with E-state index in [0.29, 0.717) is 13.0 Å². The molecule has 5 heteroatoms. The van der Waals surface area contributed by atoms with Crippen molar-refractivity contribution in [1.29, 1.82) is 0 Å². The number of carboxylic acids is 1. The molecule has 1 aromatic rings. The normalized spacial score (nSPS) is 27.5. The Bertz CT molecular complexity index is 571. The van der Waals surface area contributed by atoms with Crippen LogP contribution in [0.15, 0.2) is 24.3 Å². The van der Waals surface area contributed by atoms with Gasteiger partial charge in [-0.15, -0.1) is 0 Å². The fourth-order valence-electron chi connectivity index (χ4n) is 3.21. The van der Waals surface area contributed by atoms with Crippen molar-refractivity contribution in [3.05, 3.63) is 29.8 Å². The van der Waals surface area contributed by atoms with Gasteiger partial charge in [-0.25, -0.2) is 4.79 Å². The van der Waals surface area contributed by atoms with Gasteiger partial charge in [-0.1, -0.05) is 12.1 Å². The van der Waals surface area contributed by atoms with E-state index in [2.05, 4.69) is 0 Å². The maximum Gasteiger partial charge on any atom is 0.326 e. The number of carboxylic acid groups (broad SMARTS) is 1. The highest BCUT2D eigenvalue weighted by atomic mass is 16.5. The lowest BCUT2D eigenvalue weighted by atomic mass is 10.1.